The summed E-state index contributed by atoms with van der Waals surface area (Å²) in [5, 5.41) is 17.3. The molecule has 1 saturated heterocycles. The van der Waals surface area contributed by atoms with Crippen LogP contribution in [0.4, 0.5) is 44.6 Å². The smallest absolute Gasteiger partial charge is 0.416 e. The molecule has 4 rings (SSSR count). The summed E-state index contributed by atoms with van der Waals surface area (Å²) in [5.74, 6) is 0. The first kappa shape index (κ1) is 32.1. The van der Waals surface area contributed by atoms with Gasteiger partial charge in [-0.15, -0.1) is 0 Å². The lowest BCUT2D eigenvalue weighted by Crippen LogP contribution is -2.63. The van der Waals surface area contributed by atoms with E-state index in [4.69, 9.17) is 23.7 Å². The molecule has 0 spiro atoms. The maximum Gasteiger partial charge on any atom is 0.416 e. The fourth-order valence-corrected chi connectivity index (χ4v) is 4.22. The fraction of sp³-hybridized carbons (Fsp3) is 0.276. The number of carbonyl (C=O) groups is 3. The molecule has 3 amide bonds. The summed E-state index contributed by atoms with van der Waals surface area (Å²) in [5.41, 5.74) is -0.262. The molecule has 3 aromatic carbocycles. The van der Waals surface area contributed by atoms with Crippen LogP contribution >= 0.6 is 0 Å². The maximum atomic E-state index is 12.9. The molecule has 0 saturated carbocycles. The Balaban J connectivity index is 1.58. The number of carbonyl (C=O) groups excluding carboxylic acids is 3. The molecule has 1 heterocycles. The SMILES string of the molecule is CO[C@H]1O[C@H](CO)[C@@H](OC(=O)Nc2ccc(C(F)(F)F)cc2)[C@H](OC(=O)Nc2ccccc2)[C@H]1OC(=O)Nc1ccccc1. The molecule has 234 valence electrons. The number of nitrogens with one attached hydrogen (secondary N) is 3. The second kappa shape index (κ2) is 14.5. The highest BCUT2D eigenvalue weighted by atomic mass is 19.4. The van der Waals surface area contributed by atoms with Crippen LogP contribution in [0, 0.1) is 0 Å². The summed E-state index contributed by atoms with van der Waals surface area (Å²) in [6.07, 6.45) is -15.3. The summed E-state index contributed by atoms with van der Waals surface area (Å²) in [4.78, 5) is 38.6. The zero-order chi connectivity index (χ0) is 31.7. The van der Waals surface area contributed by atoms with Gasteiger partial charge in [-0.05, 0) is 48.5 Å². The normalized spacial score (nSPS) is 21.4. The van der Waals surface area contributed by atoms with E-state index >= 15 is 0 Å². The number of ether oxygens (including phenoxy) is 5. The van der Waals surface area contributed by atoms with Gasteiger partial charge in [0.25, 0.3) is 0 Å². The van der Waals surface area contributed by atoms with Crippen molar-refractivity contribution in [3.05, 3.63) is 90.5 Å². The van der Waals surface area contributed by atoms with Crippen LogP contribution in [0.1, 0.15) is 5.56 Å². The average Bonchev–Trinajstić information content (AvgIpc) is 2.99. The molecular formula is C29H28F3N3O9. The monoisotopic (exact) mass is 619 g/mol. The Bertz CT molecular complexity index is 1400. The van der Waals surface area contributed by atoms with Crippen LogP contribution in [0.5, 0.6) is 0 Å². The molecule has 0 aliphatic carbocycles. The molecule has 0 radical (unpaired) electrons. The van der Waals surface area contributed by atoms with Crippen molar-refractivity contribution in [2.75, 3.05) is 29.7 Å². The van der Waals surface area contributed by atoms with E-state index in [0.717, 1.165) is 24.3 Å². The Morgan fingerprint density at radius 1 is 0.705 bits per heavy atom. The predicted molar refractivity (Wildman–Crippen MR) is 149 cm³/mol. The van der Waals surface area contributed by atoms with Gasteiger partial charge in [-0.25, -0.2) is 14.4 Å². The number of aliphatic hydroxyl groups excluding tert-OH is 1. The molecule has 0 aromatic heterocycles. The van der Waals surface area contributed by atoms with Crippen molar-refractivity contribution in [3.8, 4) is 0 Å². The Labute approximate surface area is 249 Å². The van der Waals surface area contributed by atoms with Gasteiger partial charge in [-0.1, -0.05) is 36.4 Å². The minimum atomic E-state index is -4.59. The molecule has 15 heteroatoms. The van der Waals surface area contributed by atoms with Crippen LogP contribution < -0.4 is 16.0 Å². The van der Waals surface area contributed by atoms with E-state index in [1.54, 1.807) is 60.7 Å². The largest absolute Gasteiger partial charge is 0.439 e. The number of hydrogen-bond donors (Lipinski definition) is 4. The first-order valence-corrected chi connectivity index (χ1v) is 13.1. The van der Waals surface area contributed by atoms with E-state index < -0.39 is 67.3 Å². The zero-order valence-electron chi connectivity index (χ0n) is 23.0. The number of halogens is 3. The number of benzene rings is 3. The van der Waals surface area contributed by atoms with Gasteiger partial charge in [0, 0.05) is 24.2 Å². The van der Waals surface area contributed by atoms with Gasteiger partial charge in [0.1, 0.15) is 6.10 Å². The first-order valence-electron chi connectivity index (χ1n) is 13.1. The Morgan fingerprint density at radius 2 is 1.14 bits per heavy atom. The number of anilines is 3. The minimum absolute atomic E-state index is 0.0515. The van der Waals surface area contributed by atoms with E-state index in [0.29, 0.717) is 11.4 Å². The number of methoxy groups -OCH3 is 1. The van der Waals surface area contributed by atoms with Crippen LogP contribution in [0.2, 0.25) is 0 Å². The lowest BCUT2D eigenvalue weighted by molar-refractivity contribution is -0.290. The third-order valence-electron chi connectivity index (χ3n) is 6.23. The van der Waals surface area contributed by atoms with E-state index in [1.807, 2.05) is 0 Å². The van der Waals surface area contributed by atoms with E-state index in [2.05, 4.69) is 16.0 Å². The highest BCUT2D eigenvalue weighted by Crippen LogP contribution is 2.31. The van der Waals surface area contributed by atoms with Gasteiger partial charge in [0.05, 0.1) is 12.2 Å². The summed E-state index contributed by atoms with van der Waals surface area (Å²) < 4.78 is 66.3. The van der Waals surface area contributed by atoms with Crippen LogP contribution in [0.25, 0.3) is 0 Å². The fourth-order valence-electron chi connectivity index (χ4n) is 4.22. The third-order valence-corrected chi connectivity index (χ3v) is 6.23. The highest BCUT2D eigenvalue weighted by molar-refractivity contribution is 5.86. The van der Waals surface area contributed by atoms with Crippen molar-refractivity contribution in [1.29, 1.82) is 0 Å². The molecule has 4 N–H and O–H groups in total. The number of aliphatic hydroxyl groups is 1. The van der Waals surface area contributed by atoms with Gasteiger partial charge in [0.15, 0.2) is 24.6 Å². The third kappa shape index (κ3) is 8.59. The van der Waals surface area contributed by atoms with E-state index in [1.165, 1.54) is 7.11 Å². The van der Waals surface area contributed by atoms with Crippen molar-refractivity contribution >= 4 is 35.3 Å². The molecule has 44 heavy (non-hydrogen) atoms. The Hall–Kier alpha value is -4.86. The van der Waals surface area contributed by atoms with Gasteiger partial charge in [-0.2, -0.15) is 13.2 Å². The van der Waals surface area contributed by atoms with Crippen LogP contribution in [-0.4, -0.2) is 67.8 Å². The standard InChI is InChI=1S/C29H28F3N3O9/c1-40-25-24(44-28(39)34-19-10-6-3-7-11-19)23(43-27(38)33-18-8-4-2-5-9-18)22(21(16-36)41-25)42-26(37)35-20-14-12-17(13-15-20)29(30,31)32/h2-15,21-25,36H,16H2,1H3,(H,33,38)(H,34,39)(H,35,37)/t21-,22-,23+,24-,25+/m1/s1. The van der Waals surface area contributed by atoms with Crippen molar-refractivity contribution in [1.82, 2.24) is 0 Å². The van der Waals surface area contributed by atoms with Gasteiger partial charge in [0.2, 0.25) is 0 Å². The number of alkyl halides is 3. The van der Waals surface area contributed by atoms with Gasteiger partial charge < -0.3 is 28.8 Å². The van der Waals surface area contributed by atoms with Crippen molar-refractivity contribution < 1.29 is 56.3 Å². The predicted octanol–water partition coefficient (Wildman–Crippen LogP) is 5.22. The molecular weight excluding hydrogens is 591 g/mol. The molecule has 3 aromatic rings. The number of hydrogen-bond acceptors (Lipinski definition) is 9. The maximum absolute atomic E-state index is 12.9. The Kier molecular flexibility index (Phi) is 10.6. The quantitative estimate of drug-likeness (QED) is 0.249. The van der Waals surface area contributed by atoms with Gasteiger partial charge >= 0.3 is 24.5 Å². The molecule has 5 atom stereocenters. The molecule has 1 aliphatic heterocycles. The zero-order valence-corrected chi connectivity index (χ0v) is 23.0. The molecule has 0 unspecified atom stereocenters. The number of amides is 3. The van der Waals surface area contributed by atoms with Crippen LogP contribution in [0.3, 0.4) is 0 Å². The molecule has 1 aliphatic rings. The molecule has 0 bridgehead atoms. The van der Waals surface area contributed by atoms with Crippen LogP contribution in [0.15, 0.2) is 84.9 Å². The summed E-state index contributed by atoms with van der Waals surface area (Å²) in [6.45, 7) is -0.763. The molecule has 1 fully saturated rings. The number of rotatable bonds is 8. The Morgan fingerprint density at radius 3 is 1.57 bits per heavy atom. The summed E-state index contributed by atoms with van der Waals surface area (Å²) in [7, 11) is 1.21. The van der Waals surface area contributed by atoms with Crippen LogP contribution in [-0.2, 0) is 29.9 Å². The average molecular weight is 620 g/mol. The number of para-hydroxylation sites is 2. The van der Waals surface area contributed by atoms with Crippen molar-refractivity contribution in [2.24, 2.45) is 0 Å². The van der Waals surface area contributed by atoms with Crippen molar-refractivity contribution in [3.63, 3.8) is 0 Å². The second-order valence-electron chi connectivity index (χ2n) is 9.25. The molecule has 12 nitrogen and oxygen atoms in total. The van der Waals surface area contributed by atoms with Crippen molar-refractivity contribution in [2.45, 2.75) is 36.9 Å². The van der Waals surface area contributed by atoms with Gasteiger partial charge in [-0.3, -0.25) is 16.0 Å². The second-order valence-corrected chi connectivity index (χ2v) is 9.25. The van der Waals surface area contributed by atoms with E-state index in [-0.39, 0.29) is 5.69 Å². The van der Waals surface area contributed by atoms with E-state index in [9.17, 15) is 32.7 Å². The minimum Gasteiger partial charge on any atom is -0.439 e. The topological polar surface area (TPSA) is 154 Å². The first-order chi connectivity index (χ1) is 21.1. The lowest BCUT2D eigenvalue weighted by Gasteiger charge is -2.43. The summed E-state index contributed by atoms with van der Waals surface area (Å²) in [6, 6.07) is 20.0. The lowest BCUT2D eigenvalue weighted by atomic mass is 9.98. The highest BCUT2D eigenvalue weighted by Gasteiger charge is 2.53. The summed E-state index contributed by atoms with van der Waals surface area (Å²) >= 11 is 0.